The molecule has 112 valence electrons. The quantitative estimate of drug-likeness (QED) is 0.859. The lowest BCUT2D eigenvalue weighted by Gasteiger charge is -2.32. The lowest BCUT2D eigenvalue weighted by molar-refractivity contribution is 0.00621. The Kier molecular flexibility index (Phi) is 5.43. The molecule has 1 aromatic carbocycles. The van der Waals surface area contributed by atoms with Crippen LogP contribution in [0.3, 0.4) is 0 Å². The largest absolute Gasteiger partial charge is 0.496 e. The molecule has 0 aliphatic carbocycles. The summed E-state index contributed by atoms with van der Waals surface area (Å²) in [6, 6.07) is 6.06. The normalized spacial score (nSPS) is 22.3. The number of halogens is 1. The van der Waals surface area contributed by atoms with Crippen molar-refractivity contribution in [2.75, 3.05) is 26.9 Å². The third-order valence-electron chi connectivity index (χ3n) is 3.50. The summed E-state index contributed by atoms with van der Waals surface area (Å²) in [6.07, 6.45) is 1.20. The number of nitrogens with one attached hydrogen (secondary N) is 1. The van der Waals surface area contributed by atoms with E-state index in [0.29, 0.717) is 19.4 Å². The molecule has 0 radical (unpaired) electrons. The van der Waals surface area contributed by atoms with Crippen LogP contribution >= 0.6 is 15.9 Å². The van der Waals surface area contributed by atoms with Crippen LogP contribution in [0, 0.1) is 0 Å². The minimum atomic E-state index is -0.799. The van der Waals surface area contributed by atoms with Gasteiger partial charge in [-0.3, -0.25) is 0 Å². The molecule has 0 bridgehead atoms. The van der Waals surface area contributed by atoms with Gasteiger partial charge in [-0.05, 0) is 37.1 Å². The molecular weight excluding hydrogens is 322 g/mol. The van der Waals surface area contributed by atoms with E-state index in [4.69, 9.17) is 9.47 Å². The summed E-state index contributed by atoms with van der Waals surface area (Å²) in [7, 11) is 1.65. The molecule has 1 fully saturated rings. The second-order valence-electron chi connectivity index (χ2n) is 5.56. The third-order valence-corrected chi connectivity index (χ3v) is 3.99. The second kappa shape index (κ2) is 6.89. The monoisotopic (exact) mass is 343 g/mol. The molecule has 2 N–H and O–H groups in total. The first-order valence-corrected chi connectivity index (χ1v) is 7.65. The van der Waals surface area contributed by atoms with Crippen molar-refractivity contribution in [3.8, 4) is 5.75 Å². The number of rotatable bonds is 5. The van der Waals surface area contributed by atoms with Gasteiger partial charge in [-0.15, -0.1) is 0 Å². The fourth-order valence-corrected chi connectivity index (χ4v) is 3.06. The van der Waals surface area contributed by atoms with Gasteiger partial charge in [-0.1, -0.05) is 15.9 Å². The second-order valence-corrected chi connectivity index (χ2v) is 6.48. The Bertz CT molecular complexity index is 445. The highest BCUT2D eigenvalue weighted by Gasteiger charge is 2.28. The van der Waals surface area contributed by atoms with Gasteiger partial charge in [0.25, 0.3) is 0 Å². The lowest BCUT2D eigenvalue weighted by atomic mass is 9.89. The predicted molar refractivity (Wildman–Crippen MR) is 82.2 cm³/mol. The first-order valence-electron chi connectivity index (χ1n) is 6.86. The van der Waals surface area contributed by atoms with Crippen molar-refractivity contribution in [1.29, 1.82) is 0 Å². The molecule has 1 aliphatic heterocycles. The van der Waals surface area contributed by atoms with Crippen molar-refractivity contribution < 1.29 is 14.6 Å². The van der Waals surface area contributed by atoms with E-state index in [2.05, 4.69) is 21.2 Å². The van der Waals surface area contributed by atoms with E-state index in [1.54, 1.807) is 7.11 Å². The molecule has 0 spiro atoms. The van der Waals surface area contributed by atoms with E-state index >= 15 is 0 Å². The van der Waals surface area contributed by atoms with Crippen LogP contribution in [0.25, 0.3) is 0 Å². The Morgan fingerprint density at radius 3 is 3.00 bits per heavy atom. The van der Waals surface area contributed by atoms with Crippen molar-refractivity contribution in [2.24, 2.45) is 0 Å². The fourth-order valence-electron chi connectivity index (χ4n) is 2.65. The van der Waals surface area contributed by atoms with Gasteiger partial charge in [0, 0.05) is 23.5 Å². The highest BCUT2D eigenvalue weighted by Crippen LogP contribution is 2.28. The predicted octanol–water partition coefficient (Wildman–Crippen LogP) is 2.13. The van der Waals surface area contributed by atoms with Gasteiger partial charge in [0.2, 0.25) is 0 Å². The lowest BCUT2D eigenvalue weighted by Crippen LogP contribution is -2.46. The summed E-state index contributed by atoms with van der Waals surface area (Å²) in [6.45, 7) is 4.12. The van der Waals surface area contributed by atoms with Crippen LogP contribution in [-0.2, 0) is 11.2 Å². The van der Waals surface area contributed by atoms with Crippen LogP contribution in [0.15, 0.2) is 22.7 Å². The van der Waals surface area contributed by atoms with Crippen LogP contribution in [-0.4, -0.2) is 43.6 Å². The van der Waals surface area contributed by atoms with Crippen molar-refractivity contribution >= 4 is 15.9 Å². The van der Waals surface area contributed by atoms with Crippen LogP contribution in [0.5, 0.6) is 5.75 Å². The van der Waals surface area contributed by atoms with Gasteiger partial charge in [-0.25, -0.2) is 0 Å². The van der Waals surface area contributed by atoms with E-state index in [0.717, 1.165) is 28.9 Å². The highest BCUT2D eigenvalue weighted by atomic mass is 79.9. The average molecular weight is 344 g/mol. The zero-order valence-electron chi connectivity index (χ0n) is 12.0. The van der Waals surface area contributed by atoms with Gasteiger partial charge in [0.1, 0.15) is 5.75 Å². The van der Waals surface area contributed by atoms with E-state index in [9.17, 15) is 5.11 Å². The highest BCUT2D eigenvalue weighted by molar-refractivity contribution is 9.10. The molecule has 1 aliphatic rings. The number of hydrogen-bond donors (Lipinski definition) is 2. The topological polar surface area (TPSA) is 50.7 Å². The Labute approximate surface area is 128 Å². The van der Waals surface area contributed by atoms with Crippen LogP contribution in [0.2, 0.25) is 0 Å². The summed E-state index contributed by atoms with van der Waals surface area (Å²) < 4.78 is 11.8. The van der Waals surface area contributed by atoms with Crippen molar-refractivity contribution in [3.63, 3.8) is 0 Å². The van der Waals surface area contributed by atoms with E-state index in [-0.39, 0.29) is 6.04 Å². The maximum absolute atomic E-state index is 10.7. The summed E-state index contributed by atoms with van der Waals surface area (Å²) in [5.74, 6) is 0.807. The van der Waals surface area contributed by atoms with Gasteiger partial charge >= 0.3 is 0 Å². The SMILES string of the molecule is COc1ccc(Br)cc1CC(C)(O)CC1COCCN1. The molecular formula is C15H22BrNO3. The number of ether oxygens (including phenoxy) is 2. The first-order chi connectivity index (χ1) is 9.50. The Balaban J connectivity index is 2.04. The van der Waals surface area contributed by atoms with Gasteiger partial charge in [0.15, 0.2) is 0 Å². The Hall–Kier alpha value is -0.620. The molecule has 1 aromatic rings. The van der Waals surface area contributed by atoms with E-state index in [1.165, 1.54) is 0 Å². The molecule has 0 amide bonds. The average Bonchev–Trinajstić information content (AvgIpc) is 2.39. The van der Waals surface area contributed by atoms with Crippen molar-refractivity contribution in [2.45, 2.75) is 31.4 Å². The van der Waals surface area contributed by atoms with Crippen LogP contribution < -0.4 is 10.1 Å². The minimum Gasteiger partial charge on any atom is -0.496 e. The van der Waals surface area contributed by atoms with Crippen molar-refractivity contribution in [1.82, 2.24) is 5.32 Å². The number of hydrogen-bond acceptors (Lipinski definition) is 4. The molecule has 2 unspecified atom stereocenters. The maximum atomic E-state index is 10.7. The molecule has 1 saturated heterocycles. The summed E-state index contributed by atoms with van der Waals surface area (Å²) in [5.41, 5.74) is 0.204. The summed E-state index contributed by atoms with van der Waals surface area (Å²) in [5, 5.41) is 14.0. The van der Waals surface area contributed by atoms with Crippen LogP contribution in [0.1, 0.15) is 18.9 Å². The molecule has 5 heteroatoms. The van der Waals surface area contributed by atoms with Crippen LogP contribution in [0.4, 0.5) is 0 Å². The van der Waals surface area contributed by atoms with Gasteiger partial charge in [-0.2, -0.15) is 0 Å². The standard InChI is InChI=1S/C15H22BrNO3/c1-15(18,9-13-10-20-6-5-17-13)8-11-7-12(16)3-4-14(11)19-2/h3-4,7,13,17-18H,5-6,8-10H2,1-2H3. The number of aliphatic hydroxyl groups is 1. The van der Waals surface area contributed by atoms with E-state index in [1.807, 2.05) is 25.1 Å². The minimum absolute atomic E-state index is 0.205. The molecule has 4 nitrogen and oxygen atoms in total. The fraction of sp³-hybridized carbons (Fsp3) is 0.600. The number of morpholine rings is 1. The summed E-state index contributed by atoms with van der Waals surface area (Å²) in [4.78, 5) is 0. The maximum Gasteiger partial charge on any atom is 0.122 e. The molecule has 20 heavy (non-hydrogen) atoms. The summed E-state index contributed by atoms with van der Waals surface area (Å²) >= 11 is 3.46. The Morgan fingerprint density at radius 1 is 1.55 bits per heavy atom. The van der Waals surface area contributed by atoms with E-state index < -0.39 is 5.60 Å². The third kappa shape index (κ3) is 4.45. The molecule has 2 rings (SSSR count). The zero-order valence-corrected chi connectivity index (χ0v) is 13.6. The molecule has 0 saturated carbocycles. The van der Waals surface area contributed by atoms with Gasteiger partial charge < -0.3 is 19.9 Å². The molecule has 1 heterocycles. The molecule has 2 atom stereocenters. The first kappa shape index (κ1) is 15.8. The zero-order chi connectivity index (χ0) is 14.6. The number of methoxy groups -OCH3 is 1. The Morgan fingerprint density at radius 2 is 2.35 bits per heavy atom. The van der Waals surface area contributed by atoms with Gasteiger partial charge in [0.05, 0.1) is 25.9 Å². The number of benzene rings is 1. The van der Waals surface area contributed by atoms with Crippen molar-refractivity contribution in [3.05, 3.63) is 28.2 Å². The smallest absolute Gasteiger partial charge is 0.122 e. The molecule has 0 aromatic heterocycles.